The molecule has 24 heavy (non-hydrogen) atoms. The van der Waals surface area contributed by atoms with Crippen LogP contribution in [0.1, 0.15) is 30.0 Å². The summed E-state index contributed by atoms with van der Waals surface area (Å²) in [6.07, 6.45) is 5.25. The van der Waals surface area contributed by atoms with Crippen molar-refractivity contribution in [3.05, 3.63) is 54.3 Å². The lowest BCUT2D eigenvalue weighted by Crippen LogP contribution is -2.31. The highest BCUT2D eigenvalue weighted by Gasteiger charge is 2.17. The van der Waals surface area contributed by atoms with Gasteiger partial charge in [0.05, 0.1) is 12.1 Å². The van der Waals surface area contributed by atoms with E-state index in [1.807, 2.05) is 55.7 Å². The van der Waals surface area contributed by atoms with Crippen molar-refractivity contribution in [3.8, 4) is 0 Å². The van der Waals surface area contributed by atoms with Gasteiger partial charge in [0.25, 0.3) is 5.91 Å². The van der Waals surface area contributed by atoms with Gasteiger partial charge in [0.1, 0.15) is 11.6 Å². The fourth-order valence-electron chi connectivity index (χ4n) is 2.45. The highest BCUT2D eigenvalue weighted by atomic mass is 16.2. The van der Waals surface area contributed by atoms with Gasteiger partial charge in [0.15, 0.2) is 0 Å². The molecule has 0 saturated carbocycles. The number of carbonyl (C=O) groups is 1. The van der Waals surface area contributed by atoms with E-state index in [1.165, 1.54) is 0 Å². The van der Waals surface area contributed by atoms with Crippen LogP contribution in [-0.2, 0) is 13.6 Å². The maximum Gasteiger partial charge on any atom is 0.255 e. The van der Waals surface area contributed by atoms with Crippen molar-refractivity contribution in [1.82, 2.24) is 19.4 Å². The molecule has 0 aliphatic rings. The molecule has 6 heteroatoms. The van der Waals surface area contributed by atoms with Gasteiger partial charge < -0.3 is 14.4 Å². The lowest BCUT2D eigenvalue weighted by Gasteiger charge is -2.21. The van der Waals surface area contributed by atoms with Gasteiger partial charge in [-0.3, -0.25) is 4.79 Å². The van der Waals surface area contributed by atoms with Crippen LogP contribution in [0.15, 0.2) is 42.9 Å². The number of hydrogen-bond acceptors (Lipinski definition) is 4. The first-order valence-electron chi connectivity index (χ1n) is 7.99. The van der Waals surface area contributed by atoms with Crippen molar-refractivity contribution >= 4 is 11.7 Å². The van der Waals surface area contributed by atoms with E-state index in [0.717, 1.165) is 23.8 Å². The molecular formula is C18H25N5O. The maximum atomic E-state index is 12.7. The molecule has 2 aromatic heterocycles. The third-order valence-corrected chi connectivity index (χ3v) is 3.82. The number of imidazole rings is 1. The summed E-state index contributed by atoms with van der Waals surface area (Å²) in [6.45, 7) is 9.68. The molecule has 0 atom stereocenters. The average Bonchev–Trinajstić information content (AvgIpc) is 2.96. The predicted molar refractivity (Wildman–Crippen MR) is 95.9 cm³/mol. The van der Waals surface area contributed by atoms with Crippen molar-refractivity contribution in [2.75, 3.05) is 25.0 Å². The lowest BCUT2D eigenvalue weighted by molar-refractivity contribution is 0.0747. The summed E-state index contributed by atoms with van der Waals surface area (Å²) in [4.78, 5) is 25.1. The quantitative estimate of drug-likeness (QED) is 0.733. The minimum Gasteiger partial charge on any atom is -0.356 e. The van der Waals surface area contributed by atoms with Crippen LogP contribution in [0.3, 0.4) is 0 Å². The molecule has 0 radical (unpaired) electrons. The van der Waals surface area contributed by atoms with Crippen LogP contribution in [0.25, 0.3) is 0 Å². The van der Waals surface area contributed by atoms with E-state index in [4.69, 9.17) is 0 Å². The predicted octanol–water partition coefficient (Wildman–Crippen LogP) is 2.49. The Morgan fingerprint density at radius 1 is 1.33 bits per heavy atom. The Labute approximate surface area is 143 Å². The molecule has 128 valence electrons. The zero-order valence-corrected chi connectivity index (χ0v) is 14.9. The van der Waals surface area contributed by atoms with Gasteiger partial charge in [0, 0.05) is 45.8 Å². The van der Waals surface area contributed by atoms with E-state index in [2.05, 4.69) is 16.5 Å². The minimum atomic E-state index is -0.0397. The maximum absolute atomic E-state index is 12.7. The van der Waals surface area contributed by atoms with Gasteiger partial charge >= 0.3 is 0 Å². The fraction of sp³-hybridized carbons (Fsp3) is 0.389. The van der Waals surface area contributed by atoms with Crippen LogP contribution in [0, 0.1) is 0 Å². The topological polar surface area (TPSA) is 54.3 Å². The molecule has 2 aromatic rings. The van der Waals surface area contributed by atoms with Gasteiger partial charge in [-0.05, 0) is 26.0 Å². The third-order valence-electron chi connectivity index (χ3n) is 3.82. The highest BCUT2D eigenvalue weighted by Crippen LogP contribution is 2.13. The van der Waals surface area contributed by atoms with Crippen molar-refractivity contribution in [2.45, 2.75) is 20.4 Å². The van der Waals surface area contributed by atoms with Crippen LogP contribution in [-0.4, -0.2) is 45.5 Å². The largest absolute Gasteiger partial charge is 0.356 e. The van der Waals surface area contributed by atoms with Crippen LogP contribution in [0.2, 0.25) is 0 Å². The Bertz CT molecular complexity index is 704. The Morgan fingerprint density at radius 2 is 2.08 bits per heavy atom. The molecule has 0 aliphatic heterocycles. The van der Waals surface area contributed by atoms with Crippen molar-refractivity contribution in [3.63, 3.8) is 0 Å². The zero-order valence-electron chi connectivity index (χ0n) is 14.9. The number of nitrogens with zero attached hydrogens (tertiary/aromatic N) is 5. The summed E-state index contributed by atoms with van der Waals surface area (Å²) in [5, 5.41) is 0. The SMILES string of the molecule is C=C(C)CN(C)c1ccc(C(=O)N(CC)Cc2nccn2C)cn1. The van der Waals surface area contributed by atoms with E-state index in [9.17, 15) is 4.79 Å². The Morgan fingerprint density at radius 3 is 2.58 bits per heavy atom. The average molecular weight is 327 g/mol. The molecule has 0 fully saturated rings. The molecule has 0 aromatic carbocycles. The summed E-state index contributed by atoms with van der Waals surface area (Å²) < 4.78 is 1.92. The minimum absolute atomic E-state index is 0.0397. The smallest absolute Gasteiger partial charge is 0.255 e. The highest BCUT2D eigenvalue weighted by molar-refractivity contribution is 5.94. The first kappa shape index (κ1) is 17.7. The second-order valence-corrected chi connectivity index (χ2v) is 5.99. The van der Waals surface area contributed by atoms with Gasteiger partial charge in [-0.2, -0.15) is 0 Å². The van der Waals surface area contributed by atoms with Crippen molar-refractivity contribution in [1.29, 1.82) is 0 Å². The second kappa shape index (κ2) is 7.77. The standard InChI is InChI=1S/C18H25N5O/c1-6-23(13-17-19-9-10-21(17)4)18(24)15-7-8-16(20-11-15)22(5)12-14(2)3/h7-11H,2,6,12-13H2,1,3-5H3. The summed E-state index contributed by atoms with van der Waals surface area (Å²) >= 11 is 0. The van der Waals surface area contributed by atoms with Gasteiger partial charge in [-0.15, -0.1) is 0 Å². The molecule has 6 nitrogen and oxygen atoms in total. The zero-order chi connectivity index (χ0) is 17.7. The number of aromatic nitrogens is 3. The number of anilines is 1. The van der Waals surface area contributed by atoms with Crippen LogP contribution >= 0.6 is 0 Å². The Balaban J connectivity index is 2.10. The van der Waals surface area contributed by atoms with Crippen LogP contribution in [0.4, 0.5) is 5.82 Å². The summed E-state index contributed by atoms with van der Waals surface area (Å²) in [7, 11) is 3.88. The second-order valence-electron chi connectivity index (χ2n) is 5.99. The van der Waals surface area contributed by atoms with Crippen LogP contribution in [0.5, 0.6) is 0 Å². The monoisotopic (exact) mass is 327 g/mol. The van der Waals surface area contributed by atoms with Crippen molar-refractivity contribution < 1.29 is 4.79 Å². The van der Waals surface area contributed by atoms with E-state index in [-0.39, 0.29) is 5.91 Å². The van der Waals surface area contributed by atoms with E-state index < -0.39 is 0 Å². The number of amides is 1. The number of rotatable bonds is 7. The number of pyridine rings is 1. The lowest BCUT2D eigenvalue weighted by atomic mass is 10.2. The molecule has 0 saturated heterocycles. The molecule has 0 unspecified atom stereocenters. The summed E-state index contributed by atoms with van der Waals surface area (Å²) in [5.41, 5.74) is 1.64. The summed E-state index contributed by atoms with van der Waals surface area (Å²) in [6, 6.07) is 3.69. The number of aryl methyl sites for hydroxylation is 1. The van der Waals surface area contributed by atoms with Gasteiger partial charge in [-0.25, -0.2) is 9.97 Å². The molecule has 0 N–H and O–H groups in total. The number of hydrogen-bond donors (Lipinski definition) is 0. The van der Waals surface area contributed by atoms with Gasteiger partial charge in [-0.1, -0.05) is 12.2 Å². The molecule has 0 bridgehead atoms. The normalized spacial score (nSPS) is 10.5. The molecule has 2 heterocycles. The molecule has 1 amide bonds. The Hall–Kier alpha value is -2.63. The third kappa shape index (κ3) is 4.22. The van der Waals surface area contributed by atoms with E-state index in [0.29, 0.717) is 18.7 Å². The van der Waals surface area contributed by atoms with Crippen LogP contribution < -0.4 is 4.90 Å². The van der Waals surface area contributed by atoms with E-state index in [1.54, 1.807) is 17.3 Å². The molecule has 2 rings (SSSR count). The molecule has 0 spiro atoms. The van der Waals surface area contributed by atoms with E-state index >= 15 is 0 Å². The molecule has 0 aliphatic carbocycles. The molecular weight excluding hydrogens is 302 g/mol. The Kier molecular flexibility index (Phi) is 5.73. The number of likely N-dealkylation sites (N-methyl/N-ethyl adjacent to an activating group) is 1. The van der Waals surface area contributed by atoms with Gasteiger partial charge in [0.2, 0.25) is 0 Å². The first-order valence-corrected chi connectivity index (χ1v) is 7.99. The summed E-state index contributed by atoms with van der Waals surface area (Å²) in [5.74, 6) is 1.64. The number of carbonyl (C=O) groups excluding carboxylic acids is 1. The van der Waals surface area contributed by atoms with Crippen molar-refractivity contribution in [2.24, 2.45) is 7.05 Å². The fourth-order valence-corrected chi connectivity index (χ4v) is 2.45. The first-order chi connectivity index (χ1) is 11.4.